The molecule has 22 heavy (non-hydrogen) atoms. The van der Waals surface area contributed by atoms with E-state index in [0.29, 0.717) is 11.8 Å². The number of esters is 1. The molecule has 2 bridgehead atoms. The highest BCUT2D eigenvalue weighted by Crippen LogP contribution is 2.59. The van der Waals surface area contributed by atoms with Gasteiger partial charge in [-0.05, 0) is 55.4 Å². The fraction of sp³-hybridized carbons (Fsp3) is 0.550. The SMILES string of the molecule is C=C1C(C)CC2(c3ccccc3)CC1CC(C)(C(=O)OC)C2. The lowest BCUT2D eigenvalue weighted by molar-refractivity contribution is -0.157. The van der Waals surface area contributed by atoms with E-state index in [1.54, 1.807) is 0 Å². The summed E-state index contributed by atoms with van der Waals surface area (Å²) in [5, 5.41) is 0. The number of carbonyl (C=O) groups is 1. The molecule has 2 nitrogen and oxygen atoms in total. The Labute approximate surface area is 133 Å². The first-order chi connectivity index (χ1) is 10.4. The monoisotopic (exact) mass is 298 g/mol. The van der Waals surface area contributed by atoms with E-state index < -0.39 is 5.41 Å². The van der Waals surface area contributed by atoms with E-state index in [9.17, 15) is 4.79 Å². The maximum absolute atomic E-state index is 12.4. The summed E-state index contributed by atoms with van der Waals surface area (Å²) in [7, 11) is 1.50. The van der Waals surface area contributed by atoms with Gasteiger partial charge in [-0.2, -0.15) is 0 Å². The molecule has 1 aromatic rings. The predicted octanol–water partition coefficient (Wildman–Crippen LogP) is 4.50. The Morgan fingerprint density at radius 1 is 1.23 bits per heavy atom. The van der Waals surface area contributed by atoms with Gasteiger partial charge in [-0.15, -0.1) is 0 Å². The number of hydrogen-bond donors (Lipinski definition) is 0. The summed E-state index contributed by atoms with van der Waals surface area (Å²) in [5.74, 6) is 0.864. The molecule has 2 saturated carbocycles. The van der Waals surface area contributed by atoms with Crippen LogP contribution in [0.25, 0.3) is 0 Å². The Kier molecular flexibility index (Phi) is 3.66. The largest absolute Gasteiger partial charge is 0.469 e. The molecule has 2 heteroatoms. The first kappa shape index (κ1) is 15.3. The van der Waals surface area contributed by atoms with Crippen molar-refractivity contribution in [2.24, 2.45) is 17.3 Å². The molecule has 4 atom stereocenters. The highest BCUT2D eigenvalue weighted by molar-refractivity contribution is 5.77. The average molecular weight is 298 g/mol. The molecule has 0 amide bonds. The number of hydrogen-bond acceptors (Lipinski definition) is 2. The Morgan fingerprint density at radius 2 is 1.91 bits per heavy atom. The second kappa shape index (κ2) is 5.26. The standard InChI is InChI=1S/C20H26O2/c1-14-10-20(17-8-6-5-7-9-17)12-16(15(14)2)11-19(3,13-20)18(21)22-4/h5-9,14,16H,2,10-13H2,1,3-4H3. The number of methoxy groups -OCH3 is 1. The van der Waals surface area contributed by atoms with Crippen LogP contribution in [0.3, 0.4) is 0 Å². The van der Waals surface area contributed by atoms with Crippen molar-refractivity contribution in [1.29, 1.82) is 0 Å². The summed E-state index contributed by atoms with van der Waals surface area (Å²) in [6, 6.07) is 10.7. The topological polar surface area (TPSA) is 26.3 Å². The number of allylic oxidation sites excluding steroid dienone is 1. The number of ether oxygens (including phenoxy) is 1. The average Bonchev–Trinajstić information content (AvgIpc) is 2.52. The van der Waals surface area contributed by atoms with Gasteiger partial charge in [-0.1, -0.05) is 49.4 Å². The summed E-state index contributed by atoms with van der Waals surface area (Å²) in [4.78, 5) is 12.4. The van der Waals surface area contributed by atoms with Crippen molar-refractivity contribution in [2.75, 3.05) is 7.11 Å². The highest BCUT2D eigenvalue weighted by Gasteiger charge is 2.54. The first-order valence-electron chi connectivity index (χ1n) is 8.23. The van der Waals surface area contributed by atoms with Crippen LogP contribution < -0.4 is 0 Å². The molecule has 0 radical (unpaired) electrons. The molecule has 2 aliphatic carbocycles. The van der Waals surface area contributed by atoms with Crippen LogP contribution in [0.4, 0.5) is 0 Å². The number of rotatable bonds is 2. The maximum Gasteiger partial charge on any atom is 0.311 e. The first-order valence-corrected chi connectivity index (χ1v) is 8.23. The maximum atomic E-state index is 12.4. The van der Waals surface area contributed by atoms with Gasteiger partial charge in [-0.3, -0.25) is 4.79 Å². The zero-order valence-electron chi connectivity index (χ0n) is 13.9. The van der Waals surface area contributed by atoms with Crippen LogP contribution in [0.5, 0.6) is 0 Å². The lowest BCUT2D eigenvalue weighted by Crippen LogP contribution is -2.50. The molecule has 4 unspecified atom stereocenters. The minimum absolute atomic E-state index is 0.0696. The molecule has 0 spiro atoms. The second-order valence-corrected chi connectivity index (χ2v) is 7.66. The molecule has 0 aliphatic heterocycles. The van der Waals surface area contributed by atoms with Gasteiger partial charge in [0.05, 0.1) is 12.5 Å². The van der Waals surface area contributed by atoms with Gasteiger partial charge in [0.25, 0.3) is 0 Å². The summed E-state index contributed by atoms with van der Waals surface area (Å²) in [6.45, 7) is 8.70. The predicted molar refractivity (Wildman–Crippen MR) is 88.5 cm³/mol. The van der Waals surface area contributed by atoms with Gasteiger partial charge < -0.3 is 4.74 Å². The molecule has 2 aliphatic rings. The lowest BCUT2D eigenvalue weighted by Gasteiger charge is -2.54. The van der Waals surface area contributed by atoms with Gasteiger partial charge in [-0.25, -0.2) is 0 Å². The minimum atomic E-state index is -0.406. The van der Waals surface area contributed by atoms with Crippen molar-refractivity contribution in [3.8, 4) is 0 Å². The van der Waals surface area contributed by atoms with Crippen LogP contribution in [0, 0.1) is 17.3 Å². The van der Waals surface area contributed by atoms with E-state index in [2.05, 4.69) is 50.8 Å². The molecule has 0 heterocycles. The highest BCUT2D eigenvalue weighted by atomic mass is 16.5. The van der Waals surface area contributed by atoms with Gasteiger partial charge >= 0.3 is 5.97 Å². The lowest BCUT2D eigenvalue weighted by atomic mass is 9.49. The van der Waals surface area contributed by atoms with E-state index in [0.717, 1.165) is 25.7 Å². The van der Waals surface area contributed by atoms with E-state index in [1.165, 1.54) is 18.2 Å². The third-order valence-corrected chi connectivity index (χ3v) is 5.98. The van der Waals surface area contributed by atoms with E-state index in [1.807, 2.05) is 0 Å². The number of benzene rings is 1. The second-order valence-electron chi connectivity index (χ2n) is 7.66. The third kappa shape index (κ3) is 2.29. The zero-order chi connectivity index (χ0) is 16.0. The van der Waals surface area contributed by atoms with Crippen LogP contribution in [-0.4, -0.2) is 13.1 Å². The summed E-state index contributed by atoms with van der Waals surface area (Å²) in [6.07, 6.45) is 3.95. The zero-order valence-corrected chi connectivity index (χ0v) is 13.9. The Balaban J connectivity index is 2.06. The van der Waals surface area contributed by atoms with Crippen LogP contribution in [0.2, 0.25) is 0 Å². The quantitative estimate of drug-likeness (QED) is 0.593. The van der Waals surface area contributed by atoms with Crippen LogP contribution in [-0.2, 0) is 14.9 Å². The minimum Gasteiger partial charge on any atom is -0.469 e. The number of fused-ring (bicyclic) bond motifs is 2. The summed E-state index contributed by atoms with van der Waals surface area (Å²) in [5.41, 5.74) is 2.36. The van der Waals surface area contributed by atoms with Crippen molar-refractivity contribution in [1.82, 2.24) is 0 Å². The Bertz CT molecular complexity index is 585. The molecule has 118 valence electrons. The van der Waals surface area contributed by atoms with E-state index in [4.69, 9.17) is 4.74 Å². The molecule has 3 rings (SSSR count). The fourth-order valence-electron chi connectivity index (χ4n) is 5.05. The van der Waals surface area contributed by atoms with Gasteiger partial charge in [0.2, 0.25) is 0 Å². The Hall–Kier alpha value is -1.57. The normalized spacial score (nSPS) is 37.7. The smallest absolute Gasteiger partial charge is 0.311 e. The summed E-state index contributed by atoms with van der Waals surface area (Å²) < 4.78 is 5.13. The van der Waals surface area contributed by atoms with Gasteiger partial charge in [0.1, 0.15) is 0 Å². The van der Waals surface area contributed by atoms with Crippen LogP contribution >= 0.6 is 0 Å². The van der Waals surface area contributed by atoms with Crippen molar-refractivity contribution in [2.45, 2.75) is 44.9 Å². The molecule has 0 aromatic heterocycles. The molecular weight excluding hydrogens is 272 g/mol. The van der Waals surface area contributed by atoms with Gasteiger partial charge in [0.15, 0.2) is 0 Å². The number of carbonyl (C=O) groups excluding carboxylic acids is 1. The molecule has 0 saturated heterocycles. The molecule has 0 N–H and O–H groups in total. The Morgan fingerprint density at radius 3 is 2.55 bits per heavy atom. The van der Waals surface area contributed by atoms with Crippen molar-refractivity contribution in [3.63, 3.8) is 0 Å². The summed E-state index contributed by atoms with van der Waals surface area (Å²) >= 11 is 0. The van der Waals surface area contributed by atoms with Crippen molar-refractivity contribution < 1.29 is 9.53 Å². The molecular formula is C20H26O2. The van der Waals surface area contributed by atoms with Crippen LogP contribution in [0.1, 0.15) is 45.1 Å². The van der Waals surface area contributed by atoms with E-state index >= 15 is 0 Å². The third-order valence-electron chi connectivity index (χ3n) is 5.98. The fourth-order valence-corrected chi connectivity index (χ4v) is 5.05. The molecule has 1 aromatic carbocycles. The van der Waals surface area contributed by atoms with Gasteiger partial charge in [0, 0.05) is 0 Å². The van der Waals surface area contributed by atoms with Crippen molar-refractivity contribution >= 4 is 5.97 Å². The molecule has 2 fully saturated rings. The van der Waals surface area contributed by atoms with Crippen LogP contribution in [0.15, 0.2) is 42.5 Å². The van der Waals surface area contributed by atoms with E-state index in [-0.39, 0.29) is 11.4 Å². The van der Waals surface area contributed by atoms with Crippen molar-refractivity contribution in [3.05, 3.63) is 48.0 Å².